The Bertz CT molecular complexity index is 1900. The lowest BCUT2D eigenvalue weighted by Crippen LogP contribution is -2.47. The van der Waals surface area contributed by atoms with E-state index in [0.717, 1.165) is 36.4 Å². The molecule has 10 nitrogen and oxygen atoms in total. The summed E-state index contributed by atoms with van der Waals surface area (Å²) >= 11 is 0. The first-order valence-electron chi connectivity index (χ1n) is 15.9. The van der Waals surface area contributed by atoms with Gasteiger partial charge in [-0.3, -0.25) is 4.98 Å². The summed E-state index contributed by atoms with van der Waals surface area (Å²) < 4.78 is 58.1. The second kappa shape index (κ2) is 13.7. The van der Waals surface area contributed by atoms with E-state index >= 15 is 0 Å². The van der Waals surface area contributed by atoms with Crippen LogP contribution in [0.15, 0.2) is 79.1 Å². The number of halogens is 3. The summed E-state index contributed by atoms with van der Waals surface area (Å²) in [6, 6.07) is 18.7. The summed E-state index contributed by atoms with van der Waals surface area (Å²) in [4.78, 5) is 23.2. The van der Waals surface area contributed by atoms with Crippen LogP contribution in [-0.2, 0) is 17.5 Å². The molecule has 0 radical (unpaired) electrons. The molecule has 0 spiro atoms. The van der Waals surface area contributed by atoms with E-state index in [9.17, 15) is 18.0 Å². The van der Waals surface area contributed by atoms with Crippen LogP contribution in [-0.4, -0.2) is 62.6 Å². The van der Waals surface area contributed by atoms with Gasteiger partial charge in [-0.2, -0.15) is 18.3 Å². The van der Waals surface area contributed by atoms with Crippen molar-refractivity contribution in [3.8, 4) is 28.5 Å². The number of nitrogens with one attached hydrogen (secondary N) is 1. The van der Waals surface area contributed by atoms with Gasteiger partial charge in [-0.05, 0) is 87.7 Å². The van der Waals surface area contributed by atoms with E-state index in [1.807, 2.05) is 45.0 Å². The Kier molecular flexibility index (Phi) is 9.35. The van der Waals surface area contributed by atoms with Crippen molar-refractivity contribution in [2.24, 2.45) is 0 Å². The second-order valence-electron chi connectivity index (χ2n) is 12.8. The van der Waals surface area contributed by atoms with Crippen molar-refractivity contribution in [2.45, 2.75) is 58.0 Å². The highest BCUT2D eigenvalue weighted by Crippen LogP contribution is 2.36. The predicted molar refractivity (Wildman–Crippen MR) is 179 cm³/mol. The van der Waals surface area contributed by atoms with Crippen molar-refractivity contribution in [3.05, 3.63) is 90.3 Å². The largest absolute Gasteiger partial charge is 0.497 e. The number of hydrogen-bond acceptors (Lipinski definition) is 8. The van der Waals surface area contributed by atoms with Crippen molar-refractivity contribution in [1.29, 1.82) is 0 Å². The number of anilines is 1. The van der Waals surface area contributed by atoms with Crippen molar-refractivity contribution >= 4 is 22.9 Å². The number of nitrogens with zero attached hydrogens (tertiary/aromatic N) is 5. The Hall–Kier alpha value is -5.33. The van der Waals surface area contributed by atoms with E-state index in [1.54, 1.807) is 53.2 Å². The summed E-state index contributed by atoms with van der Waals surface area (Å²) in [5.41, 5.74) is 1.23. The van der Waals surface area contributed by atoms with Crippen LogP contribution in [0.4, 0.5) is 23.8 Å². The van der Waals surface area contributed by atoms with Gasteiger partial charge < -0.3 is 24.4 Å². The van der Waals surface area contributed by atoms with Gasteiger partial charge >= 0.3 is 12.3 Å². The third-order valence-electron chi connectivity index (χ3n) is 7.97. The maximum absolute atomic E-state index is 13.0. The third kappa shape index (κ3) is 8.04. The summed E-state index contributed by atoms with van der Waals surface area (Å²) in [6.45, 7) is 7.02. The van der Waals surface area contributed by atoms with Crippen LogP contribution in [0.3, 0.4) is 0 Å². The number of aromatic nitrogens is 4. The molecule has 1 atom stereocenters. The van der Waals surface area contributed by atoms with Crippen molar-refractivity contribution < 1.29 is 32.2 Å². The van der Waals surface area contributed by atoms with Crippen LogP contribution in [0.2, 0.25) is 0 Å². The Morgan fingerprint density at radius 3 is 2.35 bits per heavy atom. The molecule has 0 saturated carbocycles. The first kappa shape index (κ1) is 33.6. The molecule has 1 saturated heterocycles. The average Bonchev–Trinajstić information content (AvgIpc) is 3.41. The average molecular weight is 675 g/mol. The number of hydrogen-bond donors (Lipinski definition) is 1. The van der Waals surface area contributed by atoms with Crippen LogP contribution in [0.25, 0.3) is 22.3 Å². The topological polar surface area (TPSA) is 104 Å². The fourth-order valence-corrected chi connectivity index (χ4v) is 5.60. The Morgan fingerprint density at radius 1 is 0.959 bits per heavy atom. The predicted octanol–water partition coefficient (Wildman–Crippen LogP) is 8.17. The highest BCUT2D eigenvalue weighted by atomic mass is 19.4. The van der Waals surface area contributed by atoms with E-state index in [-0.39, 0.29) is 12.1 Å². The molecule has 4 heterocycles. The molecule has 256 valence electrons. The molecule has 1 N–H and O–H groups in total. The number of pyridine rings is 2. The zero-order valence-electron chi connectivity index (χ0n) is 27.6. The lowest BCUT2D eigenvalue weighted by atomic mass is 10.1. The van der Waals surface area contributed by atoms with Gasteiger partial charge in [-0.25, -0.2) is 14.5 Å². The minimum Gasteiger partial charge on any atom is -0.497 e. The minimum atomic E-state index is -4.45. The van der Waals surface area contributed by atoms with Gasteiger partial charge in [0.15, 0.2) is 11.5 Å². The number of ether oxygens (including phenoxy) is 3. The van der Waals surface area contributed by atoms with E-state index in [0.29, 0.717) is 59.2 Å². The molecule has 1 fully saturated rings. The first-order chi connectivity index (χ1) is 23.4. The SMILES string of the molecule is COc1ccc(Cn2nc(N[C@@H]3CCCN(C(=O)OC(C)(C)C)C3)c3c(Oc4ccc(-c5ccc(C(F)(F)F)cn5)cc4)ccnc32)cc1. The second-order valence-corrected chi connectivity index (χ2v) is 12.8. The number of piperidine rings is 1. The molecule has 0 bridgehead atoms. The molecular weight excluding hydrogens is 637 g/mol. The third-order valence-corrected chi connectivity index (χ3v) is 7.97. The van der Waals surface area contributed by atoms with Crippen molar-refractivity contribution in [3.63, 3.8) is 0 Å². The molecule has 1 amide bonds. The quantitative estimate of drug-likeness (QED) is 0.176. The molecule has 13 heteroatoms. The molecule has 3 aromatic heterocycles. The summed E-state index contributed by atoms with van der Waals surface area (Å²) in [6.07, 6.45) is -0.715. The first-order valence-corrected chi connectivity index (χ1v) is 15.9. The maximum Gasteiger partial charge on any atom is 0.417 e. The van der Waals surface area contributed by atoms with E-state index in [1.165, 1.54) is 6.07 Å². The summed E-state index contributed by atoms with van der Waals surface area (Å²) in [7, 11) is 1.62. The molecule has 49 heavy (non-hydrogen) atoms. The number of alkyl halides is 3. The monoisotopic (exact) mass is 674 g/mol. The van der Waals surface area contributed by atoms with E-state index in [2.05, 4.69) is 15.3 Å². The van der Waals surface area contributed by atoms with Gasteiger partial charge in [0, 0.05) is 43.2 Å². The van der Waals surface area contributed by atoms with Gasteiger partial charge in [0.05, 0.1) is 24.9 Å². The molecule has 5 aromatic rings. The highest BCUT2D eigenvalue weighted by Gasteiger charge is 2.31. The fourth-order valence-electron chi connectivity index (χ4n) is 5.60. The van der Waals surface area contributed by atoms with Crippen LogP contribution in [0.1, 0.15) is 44.7 Å². The normalized spacial score (nSPS) is 15.2. The zero-order chi connectivity index (χ0) is 34.8. The van der Waals surface area contributed by atoms with Crippen LogP contribution < -0.4 is 14.8 Å². The zero-order valence-corrected chi connectivity index (χ0v) is 27.6. The number of fused-ring (bicyclic) bond motifs is 1. The van der Waals surface area contributed by atoms with Gasteiger partial charge in [0.25, 0.3) is 0 Å². The lowest BCUT2D eigenvalue weighted by molar-refractivity contribution is -0.137. The number of rotatable bonds is 8. The summed E-state index contributed by atoms with van der Waals surface area (Å²) in [5.74, 6) is 2.32. The molecule has 1 aliphatic rings. The van der Waals surface area contributed by atoms with Crippen LogP contribution >= 0.6 is 0 Å². The Labute approximate surface area is 281 Å². The van der Waals surface area contributed by atoms with E-state index in [4.69, 9.17) is 19.3 Å². The standard InChI is InChI=1S/C36H37F3N6O4/c1-35(2,3)49-34(46)44-19-5-6-26(22-44)42-32-31-30(17-18-40-33(31)45(43-32)21-23-7-12-27(47-4)13-8-23)48-28-14-9-24(10-15-28)29-16-11-25(20-41-29)36(37,38)39/h7-18,20,26H,5-6,19,21-22H2,1-4H3,(H,42,43)/t26-/m1/s1. The van der Waals surface area contributed by atoms with Crippen LogP contribution in [0, 0.1) is 0 Å². The van der Waals surface area contributed by atoms with E-state index < -0.39 is 17.3 Å². The fraction of sp³-hybridized carbons (Fsp3) is 0.333. The Morgan fingerprint density at radius 2 is 1.69 bits per heavy atom. The molecule has 0 aliphatic carbocycles. The number of amides is 1. The number of carbonyl (C=O) groups is 1. The Balaban J connectivity index is 1.29. The minimum absolute atomic E-state index is 0.0996. The smallest absolute Gasteiger partial charge is 0.417 e. The van der Waals surface area contributed by atoms with Crippen molar-refractivity contribution in [2.75, 3.05) is 25.5 Å². The molecule has 2 aromatic carbocycles. The molecular formula is C36H37F3N6O4. The maximum atomic E-state index is 13.0. The molecule has 6 rings (SSSR count). The number of carbonyl (C=O) groups excluding carboxylic acids is 1. The van der Waals surface area contributed by atoms with Crippen molar-refractivity contribution in [1.82, 2.24) is 24.6 Å². The van der Waals surface area contributed by atoms with Gasteiger partial charge in [-0.1, -0.05) is 12.1 Å². The van der Waals surface area contributed by atoms with Gasteiger partial charge in [0.2, 0.25) is 0 Å². The summed E-state index contributed by atoms with van der Waals surface area (Å²) in [5, 5.41) is 9.16. The number of benzene rings is 2. The van der Waals surface area contributed by atoms with Gasteiger partial charge in [0.1, 0.15) is 28.2 Å². The van der Waals surface area contributed by atoms with Crippen LogP contribution in [0.5, 0.6) is 17.2 Å². The number of likely N-dealkylation sites (tertiary alicyclic amines) is 1. The highest BCUT2D eigenvalue weighted by molar-refractivity contribution is 5.93. The molecule has 1 aliphatic heterocycles. The van der Waals surface area contributed by atoms with Gasteiger partial charge in [-0.15, -0.1) is 0 Å². The number of methoxy groups -OCH3 is 1. The lowest BCUT2D eigenvalue weighted by Gasteiger charge is -2.34. The molecule has 0 unspecified atom stereocenters.